The average Bonchev–Trinajstić information content (AvgIpc) is 3.58. The average molecular weight is 455 g/mol. The molecule has 3 saturated carbocycles. The van der Waals surface area contributed by atoms with E-state index in [0.717, 1.165) is 42.7 Å². The highest BCUT2D eigenvalue weighted by molar-refractivity contribution is 5.24. The summed E-state index contributed by atoms with van der Waals surface area (Å²) in [4.78, 5) is 0. The van der Waals surface area contributed by atoms with Crippen molar-refractivity contribution in [2.45, 2.75) is 132 Å². The molecule has 7 atom stereocenters. The van der Waals surface area contributed by atoms with Crippen molar-refractivity contribution in [2.75, 3.05) is 0 Å². The number of hydrogen-bond donors (Lipinski definition) is 4. The topological polar surface area (TPSA) is 64.5 Å². The predicted molar refractivity (Wildman–Crippen MR) is 134 cm³/mol. The summed E-state index contributed by atoms with van der Waals surface area (Å²) in [6.07, 6.45) is 17.7. The second kappa shape index (κ2) is 9.97. The number of aliphatic hydroxyl groups is 2. The van der Waals surface area contributed by atoms with E-state index in [9.17, 15) is 10.2 Å². The maximum Gasteiger partial charge on any atom is 0.102 e. The van der Waals surface area contributed by atoms with E-state index in [4.69, 9.17) is 0 Å². The molecule has 0 radical (unpaired) electrons. The fraction of sp³-hybridized carbons (Fsp3) is 0.793. The smallest absolute Gasteiger partial charge is 0.102 e. The Morgan fingerprint density at radius 3 is 1.97 bits per heavy atom. The predicted octanol–water partition coefficient (Wildman–Crippen LogP) is 5.03. The van der Waals surface area contributed by atoms with E-state index in [2.05, 4.69) is 10.6 Å². The third kappa shape index (κ3) is 5.05. The van der Waals surface area contributed by atoms with E-state index < -0.39 is 5.60 Å². The Hall–Kier alpha value is -0.940. The van der Waals surface area contributed by atoms with Crippen molar-refractivity contribution in [2.24, 2.45) is 11.8 Å². The van der Waals surface area contributed by atoms with Gasteiger partial charge in [-0.1, -0.05) is 68.9 Å². The van der Waals surface area contributed by atoms with Crippen LogP contribution in [-0.2, 0) is 5.60 Å². The van der Waals surface area contributed by atoms with Crippen molar-refractivity contribution in [1.29, 1.82) is 0 Å². The van der Waals surface area contributed by atoms with E-state index >= 15 is 0 Å². The third-order valence-electron chi connectivity index (χ3n) is 9.88. The van der Waals surface area contributed by atoms with Crippen molar-refractivity contribution < 1.29 is 10.2 Å². The van der Waals surface area contributed by atoms with Crippen LogP contribution in [0.4, 0.5) is 0 Å². The lowest BCUT2D eigenvalue weighted by atomic mass is 9.81. The SMILES string of the molecule is C[C@@](O)(c1ccccc1)C1CC2CCCCC2N1.OC1(C2CC3CCCCC3N2)CCCC1. The Labute approximate surface area is 200 Å². The molecule has 1 aromatic rings. The summed E-state index contributed by atoms with van der Waals surface area (Å²) in [6.45, 7) is 1.96. The van der Waals surface area contributed by atoms with Crippen LogP contribution in [0, 0.1) is 11.8 Å². The molecule has 3 aliphatic carbocycles. The van der Waals surface area contributed by atoms with Crippen LogP contribution < -0.4 is 10.6 Å². The summed E-state index contributed by atoms with van der Waals surface area (Å²) >= 11 is 0. The first kappa shape index (κ1) is 23.8. The van der Waals surface area contributed by atoms with Crippen LogP contribution in [-0.4, -0.2) is 40.0 Å². The van der Waals surface area contributed by atoms with Crippen molar-refractivity contribution in [1.82, 2.24) is 10.6 Å². The number of benzene rings is 1. The first-order valence-electron chi connectivity index (χ1n) is 14.0. The Morgan fingerprint density at radius 2 is 1.36 bits per heavy atom. The second-order valence-corrected chi connectivity index (χ2v) is 12.0. The fourth-order valence-electron chi connectivity index (χ4n) is 7.76. The Morgan fingerprint density at radius 1 is 0.788 bits per heavy atom. The Balaban J connectivity index is 0.000000140. The van der Waals surface area contributed by atoms with Crippen LogP contribution in [0.2, 0.25) is 0 Å². The molecule has 5 aliphatic rings. The molecule has 0 aromatic heterocycles. The summed E-state index contributed by atoms with van der Waals surface area (Å²) < 4.78 is 0. The summed E-state index contributed by atoms with van der Waals surface area (Å²) in [5, 5.41) is 28.9. The van der Waals surface area contributed by atoms with Crippen LogP contribution >= 0.6 is 0 Å². The molecular formula is C29H46N2O2. The quantitative estimate of drug-likeness (QED) is 0.517. The molecule has 4 nitrogen and oxygen atoms in total. The van der Waals surface area contributed by atoms with Crippen LogP contribution in [0.15, 0.2) is 30.3 Å². The highest BCUT2D eigenvalue weighted by Gasteiger charge is 2.47. The molecule has 4 N–H and O–H groups in total. The van der Waals surface area contributed by atoms with Crippen molar-refractivity contribution in [3.05, 3.63) is 35.9 Å². The molecule has 6 rings (SSSR count). The minimum atomic E-state index is -0.751. The van der Waals surface area contributed by atoms with E-state index in [1.807, 2.05) is 37.3 Å². The van der Waals surface area contributed by atoms with Crippen molar-refractivity contribution in [3.63, 3.8) is 0 Å². The van der Waals surface area contributed by atoms with Gasteiger partial charge in [0.25, 0.3) is 0 Å². The molecule has 5 fully saturated rings. The molecular weight excluding hydrogens is 408 g/mol. The van der Waals surface area contributed by atoms with Crippen LogP contribution in [0.1, 0.15) is 102 Å². The van der Waals surface area contributed by atoms with Gasteiger partial charge in [0.05, 0.1) is 5.60 Å². The second-order valence-electron chi connectivity index (χ2n) is 12.0. The van der Waals surface area contributed by atoms with Crippen LogP contribution in [0.5, 0.6) is 0 Å². The van der Waals surface area contributed by atoms with Gasteiger partial charge in [-0.15, -0.1) is 0 Å². The first-order chi connectivity index (χ1) is 16.0. The molecule has 33 heavy (non-hydrogen) atoms. The van der Waals surface area contributed by atoms with Gasteiger partial charge in [-0.25, -0.2) is 0 Å². The maximum atomic E-state index is 10.9. The molecule has 0 bridgehead atoms. The molecule has 4 heteroatoms. The third-order valence-corrected chi connectivity index (χ3v) is 9.88. The number of rotatable bonds is 3. The fourth-order valence-corrected chi connectivity index (χ4v) is 7.76. The molecule has 6 unspecified atom stereocenters. The summed E-state index contributed by atoms with van der Waals surface area (Å²) in [7, 11) is 0. The Bertz CT molecular complexity index is 732. The standard InChI is InChI=1S/C16H23NO.C13H23NO/c1-16(18,13-8-3-2-4-9-13)15-11-12-7-5-6-10-14(12)17-15;15-13(7-3-4-8-13)12-9-10-5-1-2-6-11(10)14-12/h2-4,8-9,12,14-15,17-18H,5-7,10-11H2,1H3;10-12,14-15H,1-9H2/t12?,14?,15?,16-;/m1./s1. The molecule has 0 amide bonds. The zero-order valence-corrected chi connectivity index (χ0v) is 20.6. The normalized spacial score (nSPS) is 39.1. The number of fused-ring (bicyclic) bond motifs is 2. The lowest BCUT2D eigenvalue weighted by molar-refractivity contribution is 0.0122. The highest BCUT2D eigenvalue weighted by atomic mass is 16.3. The zero-order valence-electron chi connectivity index (χ0n) is 20.6. The molecule has 2 saturated heterocycles. The van der Waals surface area contributed by atoms with Crippen molar-refractivity contribution >= 4 is 0 Å². The molecule has 2 aliphatic heterocycles. The van der Waals surface area contributed by atoms with E-state index in [-0.39, 0.29) is 11.6 Å². The van der Waals surface area contributed by atoms with E-state index in [0.29, 0.717) is 12.1 Å². The van der Waals surface area contributed by atoms with Gasteiger partial charge in [0.15, 0.2) is 0 Å². The molecule has 0 spiro atoms. The molecule has 184 valence electrons. The number of nitrogens with one attached hydrogen (secondary N) is 2. The van der Waals surface area contributed by atoms with Gasteiger partial charge in [0, 0.05) is 24.2 Å². The lowest BCUT2D eigenvalue weighted by Crippen LogP contribution is -2.47. The summed E-state index contributed by atoms with van der Waals surface area (Å²) in [6, 6.07) is 12.1. The summed E-state index contributed by atoms with van der Waals surface area (Å²) in [5.41, 5.74) is -0.0724. The van der Waals surface area contributed by atoms with Gasteiger partial charge in [0.1, 0.15) is 5.60 Å². The highest BCUT2D eigenvalue weighted by Crippen LogP contribution is 2.42. The van der Waals surface area contributed by atoms with Gasteiger partial charge in [0.2, 0.25) is 0 Å². The van der Waals surface area contributed by atoms with Crippen LogP contribution in [0.3, 0.4) is 0 Å². The number of hydrogen-bond acceptors (Lipinski definition) is 4. The first-order valence-corrected chi connectivity index (χ1v) is 14.0. The van der Waals surface area contributed by atoms with Crippen LogP contribution in [0.25, 0.3) is 0 Å². The summed E-state index contributed by atoms with van der Waals surface area (Å²) in [5.74, 6) is 1.65. The van der Waals surface area contributed by atoms with Gasteiger partial charge >= 0.3 is 0 Å². The molecule has 2 heterocycles. The Kier molecular flexibility index (Phi) is 7.19. The van der Waals surface area contributed by atoms with Gasteiger partial charge in [-0.3, -0.25) is 0 Å². The van der Waals surface area contributed by atoms with Gasteiger partial charge < -0.3 is 20.8 Å². The minimum Gasteiger partial charge on any atom is -0.388 e. The maximum absolute atomic E-state index is 10.9. The van der Waals surface area contributed by atoms with Gasteiger partial charge in [-0.2, -0.15) is 0 Å². The zero-order chi connectivity index (χ0) is 22.9. The van der Waals surface area contributed by atoms with Gasteiger partial charge in [-0.05, 0) is 75.7 Å². The van der Waals surface area contributed by atoms with Crippen molar-refractivity contribution in [3.8, 4) is 0 Å². The molecule has 1 aromatic carbocycles. The van der Waals surface area contributed by atoms with E-state index in [1.165, 1.54) is 70.6 Å². The lowest BCUT2D eigenvalue weighted by Gasteiger charge is -2.31. The van der Waals surface area contributed by atoms with E-state index in [1.54, 1.807) is 0 Å². The minimum absolute atomic E-state index is 0.202. The largest absolute Gasteiger partial charge is 0.388 e. The monoisotopic (exact) mass is 454 g/mol.